The van der Waals surface area contributed by atoms with Crippen LogP contribution in [0, 0.1) is 0 Å². The van der Waals surface area contributed by atoms with Crippen molar-refractivity contribution in [3.63, 3.8) is 0 Å². The smallest absolute Gasteiger partial charge is 0.382 e. The van der Waals surface area contributed by atoms with Crippen LogP contribution in [0.15, 0.2) is 4.99 Å². The van der Waals surface area contributed by atoms with Gasteiger partial charge in [0.15, 0.2) is 5.96 Å². The summed E-state index contributed by atoms with van der Waals surface area (Å²) in [6.45, 7) is 3.42. The van der Waals surface area contributed by atoms with Crippen molar-refractivity contribution < 1.29 is 22.6 Å². The van der Waals surface area contributed by atoms with Crippen LogP contribution in [-0.4, -0.2) is 58.7 Å². The molecule has 0 amide bonds. The van der Waals surface area contributed by atoms with Gasteiger partial charge in [-0.15, -0.1) is 24.0 Å². The standard InChI is InChI=1S/C12H24F3N3O2.HI/c1-3-19-8-4-6-17-11(16-2)18-7-5-9-20-10-12(13,14)15;/h3-10H2,1-2H3,(H2,16,17,18);1H. The van der Waals surface area contributed by atoms with Crippen molar-refractivity contribution in [2.24, 2.45) is 4.99 Å². The third-order valence-electron chi connectivity index (χ3n) is 2.21. The van der Waals surface area contributed by atoms with E-state index in [4.69, 9.17) is 4.74 Å². The first-order chi connectivity index (χ1) is 9.49. The number of hydrogen-bond acceptors (Lipinski definition) is 3. The molecule has 0 atom stereocenters. The number of halogens is 4. The maximum absolute atomic E-state index is 11.8. The first-order valence-corrected chi connectivity index (χ1v) is 6.66. The van der Waals surface area contributed by atoms with Crippen LogP contribution in [0.3, 0.4) is 0 Å². The number of ether oxygens (including phenoxy) is 2. The summed E-state index contributed by atoms with van der Waals surface area (Å²) < 4.78 is 45.1. The summed E-state index contributed by atoms with van der Waals surface area (Å²) in [7, 11) is 1.64. The second-order valence-corrected chi connectivity index (χ2v) is 4.00. The van der Waals surface area contributed by atoms with Gasteiger partial charge in [-0.05, 0) is 19.8 Å². The molecule has 0 saturated heterocycles. The van der Waals surface area contributed by atoms with Crippen LogP contribution in [0.25, 0.3) is 0 Å². The van der Waals surface area contributed by atoms with Gasteiger partial charge in [-0.3, -0.25) is 4.99 Å². The number of hydrogen-bond donors (Lipinski definition) is 2. The molecule has 0 aromatic heterocycles. The van der Waals surface area contributed by atoms with E-state index in [1.165, 1.54) is 0 Å². The fourth-order valence-electron chi connectivity index (χ4n) is 1.31. The molecule has 0 heterocycles. The first kappa shape index (κ1) is 23.0. The van der Waals surface area contributed by atoms with Gasteiger partial charge in [-0.2, -0.15) is 13.2 Å². The highest BCUT2D eigenvalue weighted by Crippen LogP contribution is 2.14. The number of alkyl halides is 3. The van der Waals surface area contributed by atoms with Crippen molar-refractivity contribution in [3.05, 3.63) is 0 Å². The van der Waals surface area contributed by atoms with Gasteiger partial charge in [0, 0.05) is 40.0 Å². The average Bonchev–Trinajstić information content (AvgIpc) is 2.38. The fourth-order valence-corrected chi connectivity index (χ4v) is 1.31. The molecule has 0 aromatic carbocycles. The Kier molecular flexibility index (Phi) is 16.0. The number of guanidine groups is 1. The van der Waals surface area contributed by atoms with Gasteiger partial charge in [-0.1, -0.05) is 0 Å². The zero-order valence-electron chi connectivity index (χ0n) is 12.5. The molecule has 9 heteroatoms. The third-order valence-corrected chi connectivity index (χ3v) is 2.21. The van der Waals surface area contributed by atoms with Gasteiger partial charge in [0.1, 0.15) is 6.61 Å². The maximum atomic E-state index is 11.8. The highest BCUT2D eigenvalue weighted by molar-refractivity contribution is 14.0. The zero-order valence-corrected chi connectivity index (χ0v) is 14.8. The van der Waals surface area contributed by atoms with E-state index < -0.39 is 12.8 Å². The summed E-state index contributed by atoms with van der Waals surface area (Å²) in [5.74, 6) is 0.623. The van der Waals surface area contributed by atoms with E-state index in [0.717, 1.165) is 13.0 Å². The van der Waals surface area contributed by atoms with Gasteiger partial charge in [0.05, 0.1) is 0 Å². The van der Waals surface area contributed by atoms with Crippen molar-refractivity contribution in [2.75, 3.05) is 46.6 Å². The molecule has 0 aromatic rings. The second-order valence-electron chi connectivity index (χ2n) is 4.00. The quantitative estimate of drug-likeness (QED) is 0.243. The van der Waals surface area contributed by atoms with Crippen molar-refractivity contribution in [1.82, 2.24) is 10.6 Å². The number of nitrogens with one attached hydrogen (secondary N) is 2. The van der Waals surface area contributed by atoms with Gasteiger partial charge < -0.3 is 20.1 Å². The molecule has 21 heavy (non-hydrogen) atoms. The molecule has 0 fully saturated rings. The van der Waals surface area contributed by atoms with Crippen LogP contribution in [0.1, 0.15) is 19.8 Å². The molecule has 0 saturated carbocycles. The van der Waals surface area contributed by atoms with E-state index in [1.54, 1.807) is 7.05 Å². The van der Waals surface area contributed by atoms with Crippen molar-refractivity contribution in [1.29, 1.82) is 0 Å². The average molecular weight is 427 g/mol. The topological polar surface area (TPSA) is 54.9 Å². The van der Waals surface area contributed by atoms with Gasteiger partial charge >= 0.3 is 6.18 Å². The molecule has 0 aliphatic heterocycles. The minimum absolute atomic E-state index is 0. The Labute approximate surface area is 141 Å². The predicted molar refractivity (Wildman–Crippen MR) is 87.4 cm³/mol. The van der Waals surface area contributed by atoms with E-state index in [2.05, 4.69) is 20.4 Å². The SMILES string of the molecule is CCOCCCNC(=NC)NCCCOCC(F)(F)F.I. The van der Waals surface area contributed by atoms with Crippen LogP contribution in [0.5, 0.6) is 0 Å². The molecule has 5 nitrogen and oxygen atoms in total. The second kappa shape index (κ2) is 14.6. The van der Waals surface area contributed by atoms with Crippen LogP contribution >= 0.6 is 24.0 Å². The summed E-state index contributed by atoms with van der Waals surface area (Å²) in [6, 6.07) is 0. The van der Waals surface area contributed by atoms with E-state index in [-0.39, 0.29) is 30.6 Å². The Morgan fingerprint density at radius 1 is 1.05 bits per heavy atom. The van der Waals surface area contributed by atoms with Gasteiger partial charge in [-0.25, -0.2) is 0 Å². The lowest BCUT2D eigenvalue weighted by atomic mass is 10.4. The molecular weight excluding hydrogens is 402 g/mol. The Balaban J connectivity index is 0. The van der Waals surface area contributed by atoms with Crippen molar-refractivity contribution in [3.8, 4) is 0 Å². The summed E-state index contributed by atoms with van der Waals surface area (Å²) in [6.07, 6.45) is -2.91. The maximum Gasteiger partial charge on any atom is 0.411 e. The molecule has 0 unspecified atom stereocenters. The Bertz CT molecular complexity index is 267. The minimum Gasteiger partial charge on any atom is -0.382 e. The number of rotatable bonds is 10. The van der Waals surface area contributed by atoms with Gasteiger partial charge in [0.25, 0.3) is 0 Å². The van der Waals surface area contributed by atoms with E-state index in [9.17, 15) is 13.2 Å². The Morgan fingerprint density at radius 3 is 2.00 bits per heavy atom. The summed E-state index contributed by atoms with van der Waals surface area (Å²) >= 11 is 0. The molecule has 0 spiro atoms. The minimum atomic E-state index is -4.26. The Morgan fingerprint density at radius 2 is 1.57 bits per heavy atom. The summed E-state index contributed by atoms with van der Waals surface area (Å²) in [4.78, 5) is 4.00. The fraction of sp³-hybridized carbons (Fsp3) is 0.917. The van der Waals surface area contributed by atoms with Crippen LogP contribution in [0.2, 0.25) is 0 Å². The highest BCUT2D eigenvalue weighted by Gasteiger charge is 2.27. The number of aliphatic imine (C=N–C) groups is 1. The third kappa shape index (κ3) is 17.7. The van der Waals surface area contributed by atoms with Crippen LogP contribution in [-0.2, 0) is 9.47 Å². The van der Waals surface area contributed by atoms with E-state index in [1.807, 2.05) is 6.92 Å². The summed E-state index contributed by atoms with van der Waals surface area (Å²) in [5.41, 5.74) is 0. The molecule has 2 N–H and O–H groups in total. The summed E-state index contributed by atoms with van der Waals surface area (Å²) in [5, 5.41) is 6.08. The normalized spacial score (nSPS) is 12.0. The molecule has 128 valence electrons. The van der Waals surface area contributed by atoms with Crippen molar-refractivity contribution >= 4 is 29.9 Å². The van der Waals surface area contributed by atoms with Crippen molar-refractivity contribution in [2.45, 2.75) is 25.9 Å². The van der Waals surface area contributed by atoms with Gasteiger partial charge in [0.2, 0.25) is 0 Å². The monoisotopic (exact) mass is 427 g/mol. The lowest BCUT2D eigenvalue weighted by molar-refractivity contribution is -0.173. The molecule has 0 aliphatic rings. The van der Waals surface area contributed by atoms with Crippen LogP contribution in [0.4, 0.5) is 13.2 Å². The predicted octanol–water partition coefficient (Wildman–Crippen LogP) is 2.17. The van der Waals surface area contributed by atoms with E-state index in [0.29, 0.717) is 32.1 Å². The largest absolute Gasteiger partial charge is 0.411 e. The van der Waals surface area contributed by atoms with E-state index >= 15 is 0 Å². The number of nitrogens with zero attached hydrogens (tertiary/aromatic N) is 1. The highest BCUT2D eigenvalue weighted by atomic mass is 127. The molecule has 0 radical (unpaired) electrons. The molecule has 0 aliphatic carbocycles. The lowest BCUT2D eigenvalue weighted by Gasteiger charge is -2.12. The Hall–Kier alpha value is -0.290. The lowest BCUT2D eigenvalue weighted by Crippen LogP contribution is -2.38. The molecular formula is C12H25F3IN3O2. The zero-order chi connectivity index (χ0) is 15.3. The van der Waals surface area contributed by atoms with Crippen LogP contribution < -0.4 is 10.6 Å². The molecule has 0 bridgehead atoms. The first-order valence-electron chi connectivity index (χ1n) is 6.66. The molecule has 0 rings (SSSR count).